The standard InChI is InChI=1S/C14H20N2O4S/c1-11(2)13-4-3-12(9-14(13)16(17)18)10-15-5-7-21(19,20)8-6-15/h3-4,9,11H,5-8,10H2,1-2H3. The normalized spacial score (nSPS) is 18.8. The van der Waals surface area contributed by atoms with E-state index < -0.39 is 9.84 Å². The van der Waals surface area contributed by atoms with Gasteiger partial charge in [-0.2, -0.15) is 0 Å². The monoisotopic (exact) mass is 312 g/mol. The Hall–Kier alpha value is -1.47. The maximum atomic E-state index is 11.4. The van der Waals surface area contributed by atoms with Crippen molar-refractivity contribution in [2.24, 2.45) is 0 Å². The third-order valence-corrected chi connectivity index (χ3v) is 5.37. The lowest BCUT2D eigenvalue weighted by molar-refractivity contribution is -0.385. The zero-order valence-electron chi connectivity index (χ0n) is 12.3. The lowest BCUT2D eigenvalue weighted by Crippen LogP contribution is -2.39. The molecule has 1 aliphatic heterocycles. The van der Waals surface area contributed by atoms with E-state index in [9.17, 15) is 18.5 Å². The second-order valence-corrected chi connectivity index (χ2v) is 8.04. The molecule has 7 heteroatoms. The van der Waals surface area contributed by atoms with Gasteiger partial charge in [-0.05, 0) is 11.5 Å². The Balaban J connectivity index is 2.15. The summed E-state index contributed by atoms with van der Waals surface area (Å²) < 4.78 is 22.8. The van der Waals surface area contributed by atoms with E-state index in [-0.39, 0.29) is 28.0 Å². The smallest absolute Gasteiger partial charge is 0.273 e. The van der Waals surface area contributed by atoms with E-state index in [2.05, 4.69) is 0 Å². The van der Waals surface area contributed by atoms with Crippen molar-refractivity contribution in [1.82, 2.24) is 4.90 Å². The maximum absolute atomic E-state index is 11.4. The second kappa shape index (κ2) is 6.11. The number of nitro groups is 1. The lowest BCUT2D eigenvalue weighted by atomic mass is 9.99. The van der Waals surface area contributed by atoms with Gasteiger partial charge < -0.3 is 0 Å². The van der Waals surface area contributed by atoms with E-state index in [0.717, 1.165) is 11.1 Å². The van der Waals surface area contributed by atoms with Gasteiger partial charge in [-0.1, -0.05) is 26.0 Å². The van der Waals surface area contributed by atoms with Crippen LogP contribution in [0.5, 0.6) is 0 Å². The molecule has 21 heavy (non-hydrogen) atoms. The molecule has 1 aromatic carbocycles. The Bertz CT molecular complexity index is 626. The molecule has 6 nitrogen and oxygen atoms in total. The molecule has 116 valence electrons. The Kier molecular flexibility index (Phi) is 4.63. The third-order valence-electron chi connectivity index (χ3n) is 3.76. The van der Waals surface area contributed by atoms with Crippen molar-refractivity contribution in [3.05, 3.63) is 39.4 Å². The van der Waals surface area contributed by atoms with Crippen molar-refractivity contribution in [2.75, 3.05) is 24.6 Å². The van der Waals surface area contributed by atoms with E-state index >= 15 is 0 Å². The van der Waals surface area contributed by atoms with Gasteiger partial charge in [-0.25, -0.2) is 8.42 Å². The van der Waals surface area contributed by atoms with Crippen molar-refractivity contribution in [1.29, 1.82) is 0 Å². The molecule has 2 rings (SSSR count). The van der Waals surface area contributed by atoms with Gasteiger partial charge in [0, 0.05) is 31.3 Å². The first-order chi connectivity index (χ1) is 9.78. The van der Waals surface area contributed by atoms with Gasteiger partial charge in [0.15, 0.2) is 9.84 Å². The van der Waals surface area contributed by atoms with Crippen LogP contribution >= 0.6 is 0 Å². The molecule has 0 bridgehead atoms. The molecule has 0 spiro atoms. The Labute approximate surface area is 124 Å². The minimum Gasteiger partial charge on any atom is -0.297 e. The van der Waals surface area contributed by atoms with Crippen LogP contribution in [0.25, 0.3) is 0 Å². The van der Waals surface area contributed by atoms with Gasteiger partial charge in [-0.3, -0.25) is 15.0 Å². The van der Waals surface area contributed by atoms with E-state index in [0.29, 0.717) is 19.6 Å². The molecule has 0 unspecified atom stereocenters. The van der Waals surface area contributed by atoms with Crippen LogP contribution in [-0.4, -0.2) is 42.8 Å². The summed E-state index contributed by atoms with van der Waals surface area (Å²) in [5.41, 5.74) is 1.72. The molecule has 0 aromatic heterocycles. The lowest BCUT2D eigenvalue weighted by Gasteiger charge is -2.26. The van der Waals surface area contributed by atoms with Gasteiger partial charge in [-0.15, -0.1) is 0 Å². The Morgan fingerprint density at radius 3 is 2.43 bits per heavy atom. The summed E-state index contributed by atoms with van der Waals surface area (Å²) in [6, 6.07) is 5.31. The van der Waals surface area contributed by atoms with Crippen LogP contribution in [-0.2, 0) is 16.4 Å². The summed E-state index contributed by atoms with van der Waals surface area (Å²) in [6.07, 6.45) is 0. The van der Waals surface area contributed by atoms with Crippen LogP contribution < -0.4 is 0 Å². The summed E-state index contributed by atoms with van der Waals surface area (Å²) in [5.74, 6) is 0.429. The van der Waals surface area contributed by atoms with E-state index in [4.69, 9.17) is 0 Å². The first-order valence-corrected chi connectivity index (χ1v) is 8.80. The highest BCUT2D eigenvalue weighted by Crippen LogP contribution is 2.27. The quantitative estimate of drug-likeness (QED) is 0.627. The molecular formula is C14H20N2O4S. The largest absolute Gasteiger partial charge is 0.297 e. The topological polar surface area (TPSA) is 80.5 Å². The van der Waals surface area contributed by atoms with Crippen molar-refractivity contribution < 1.29 is 13.3 Å². The first-order valence-electron chi connectivity index (χ1n) is 6.98. The average molecular weight is 312 g/mol. The molecule has 1 fully saturated rings. The molecule has 0 radical (unpaired) electrons. The molecule has 0 atom stereocenters. The third kappa shape index (κ3) is 4.01. The van der Waals surface area contributed by atoms with Crippen molar-refractivity contribution in [3.8, 4) is 0 Å². The van der Waals surface area contributed by atoms with Crippen LogP contribution in [0.4, 0.5) is 5.69 Å². The van der Waals surface area contributed by atoms with Crippen LogP contribution in [0, 0.1) is 10.1 Å². The molecule has 0 aliphatic carbocycles. The predicted octanol–water partition coefficient (Wildman–Crippen LogP) is 1.95. The van der Waals surface area contributed by atoms with Gasteiger partial charge in [0.2, 0.25) is 0 Å². The number of sulfone groups is 1. The van der Waals surface area contributed by atoms with Gasteiger partial charge in [0.1, 0.15) is 0 Å². The molecular weight excluding hydrogens is 292 g/mol. The first kappa shape index (κ1) is 15.9. The van der Waals surface area contributed by atoms with Crippen molar-refractivity contribution in [3.63, 3.8) is 0 Å². The molecule has 0 amide bonds. The fourth-order valence-electron chi connectivity index (χ4n) is 2.50. The summed E-state index contributed by atoms with van der Waals surface area (Å²) in [5, 5.41) is 11.2. The molecule has 1 aromatic rings. The second-order valence-electron chi connectivity index (χ2n) is 5.73. The number of nitrogens with zero attached hydrogens (tertiary/aromatic N) is 2. The molecule has 1 heterocycles. The van der Waals surface area contributed by atoms with E-state index in [1.54, 1.807) is 12.1 Å². The zero-order valence-corrected chi connectivity index (χ0v) is 13.1. The van der Waals surface area contributed by atoms with Gasteiger partial charge in [0.25, 0.3) is 5.69 Å². The number of rotatable bonds is 4. The number of hydrogen-bond donors (Lipinski definition) is 0. The van der Waals surface area contributed by atoms with Crippen LogP contribution in [0.1, 0.15) is 30.9 Å². The van der Waals surface area contributed by atoms with Crippen molar-refractivity contribution in [2.45, 2.75) is 26.3 Å². The number of benzene rings is 1. The fraction of sp³-hybridized carbons (Fsp3) is 0.571. The van der Waals surface area contributed by atoms with Crippen LogP contribution in [0.2, 0.25) is 0 Å². The van der Waals surface area contributed by atoms with Gasteiger partial charge in [0.05, 0.1) is 16.4 Å². The minimum atomic E-state index is -2.90. The molecule has 0 saturated carbocycles. The fourth-order valence-corrected chi connectivity index (χ4v) is 3.78. The van der Waals surface area contributed by atoms with Crippen LogP contribution in [0.3, 0.4) is 0 Å². The zero-order chi connectivity index (χ0) is 15.6. The maximum Gasteiger partial charge on any atom is 0.273 e. The van der Waals surface area contributed by atoms with E-state index in [1.165, 1.54) is 0 Å². The highest BCUT2D eigenvalue weighted by atomic mass is 32.2. The Morgan fingerprint density at radius 2 is 1.90 bits per heavy atom. The molecule has 1 saturated heterocycles. The van der Waals surface area contributed by atoms with Crippen LogP contribution in [0.15, 0.2) is 18.2 Å². The van der Waals surface area contributed by atoms with E-state index in [1.807, 2.05) is 24.8 Å². The highest BCUT2D eigenvalue weighted by molar-refractivity contribution is 7.91. The SMILES string of the molecule is CC(C)c1ccc(CN2CCS(=O)(=O)CC2)cc1[N+](=O)[O-]. The van der Waals surface area contributed by atoms with Gasteiger partial charge >= 0.3 is 0 Å². The van der Waals surface area contributed by atoms with Crippen molar-refractivity contribution >= 4 is 15.5 Å². The molecule has 0 N–H and O–H groups in total. The summed E-state index contributed by atoms with van der Waals surface area (Å²) in [6.45, 7) is 5.38. The Morgan fingerprint density at radius 1 is 1.29 bits per heavy atom. The molecule has 1 aliphatic rings. The summed E-state index contributed by atoms with van der Waals surface area (Å²) in [7, 11) is -2.90. The summed E-state index contributed by atoms with van der Waals surface area (Å²) >= 11 is 0. The average Bonchev–Trinajstić information content (AvgIpc) is 2.41. The number of hydrogen-bond acceptors (Lipinski definition) is 5. The summed E-state index contributed by atoms with van der Waals surface area (Å²) in [4.78, 5) is 12.8. The highest BCUT2D eigenvalue weighted by Gasteiger charge is 2.23. The predicted molar refractivity (Wildman–Crippen MR) is 81.1 cm³/mol. The number of nitro benzene ring substituents is 1. The minimum absolute atomic E-state index is 0.0968.